The number of esters is 1. The average molecular weight is 263 g/mol. The van der Waals surface area contributed by atoms with Crippen LogP contribution in [0.25, 0.3) is 0 Å². The standard InChI is InChI=1S/C13H17N3O3/c1-3-13(11(18)19-2,16-12(14)15)10(17)9-7-5-4-6-8-9/h4-8H,3H2,1-2H3,(H4,14,15,16). The van der Waals surface area contributed by atoms with Gasteiger partial charge in [0.2, 0.25) is 11.3 Å². The number of methoxy groups -OCH3 is 1. The fourth-order valence-electron chi connectivity index (χ4n) is 1.79. The third-order valence-corrected chi connectivity index (χ3v) is 2.77. The second-order valence-corrected chi connectivity index (χ2v) is 3.94. The quantitative estimate of drug-likeness (QED) is 0.264. The molecule has 1 aromatic rings. The number of benzene rings is 1. The maximum atomic E-state index is 12.5. The molecule has 0 aromatic heterocycles. The summed E-state index contributed by atoms with van der Waals surface area (Å²) >= 11 is 0. The van der Waals surface area contributed by atoms with Crippen LogP contribution in [0.1, 0.15) is 23.7 Å². The number of aliphatic imine (C=N–C) groups is 1. The molecule has 1 atom stereocenters. The molecule has 0 amide bonds. The lowest BCUT2D eigenvalue weighted by Crippen LogP contribution is -2.48. The van der Waals surface area contributed by atoms with Crippen LogP contribution in [0.2, 0.25) is 0 Å². The number of guanidine groups is 1. The van der Waals surface area contributed by atoms with E-state index >= 15 is 0 Å². The molecule has 0 aliphatic rings. The topological polar surface area (TPSA) is 108 Å². The van der Waals surface area contributed by atoms with Crippen LogP contribution in [-0.4, -0.2) is 30.4 Å². The van der Waals surface area contributed by atoms with Gasteiger partial charge in [-0.05, 0) is 6.42 Å². The summed E-state index contributed by atoms with van der Waals surface area (Å²) in [4.78, 5) is 28.3. The zero-order valence-electron chi connectivity index (χ0n) is 10.9. The molecule has 1 aromatic carbocycles. The molecule has 102 valence electrons. The molecule has 0 aliphatic heterocycles. The molecule has 4 N–H and O–H groups in total. The highest BCUT2D eigenvalue weighted by Crippen LogP contribution is 2.24. The predicted molar refractivity (Wildman–Crippen MR) is 71.6 cm³/mol. The first-order valence-corrected chi connectivity index (χ1v) is 5.77. The van der Waals surface area contributed by atoms with E-state index in [1.54, 1.807) is 37.3 Å². The van der Waals surface area contributed by atoms with Crippen molar-refractivity contribution in [3.05, 3.63) is 35.9 Å². The molecule has 0 bridgehead atoms. The van der Waals surface area contributed by atoms with Gasteiger partial charge in [-0.1, -0.05) is 37.3 Å². The van der Waals surface area contributed by atoms with Crippen molar-refractivity contribution in [3.63, 3.8) is 0 Å². The van der Waals surface area contributed by atoms with Crippen LogP contribution in [0.15, 0.2) is 35.3 Å². The highest BCUT2D eigenvalue weighted by Gasteiger charge is 2.46. The molecule has 0 aliphatic carbocycles. The molecular formula is C13H17N3O3. The Morgan fingerprint density at radius 3 is 2.26 bits per heavy atom. The van der Waals surface area contributed by atoms with Crippen LogP contribution < -0.4 is 11.5 Å². The van der Waals surface area contributed by atoms with Crippen molar-refractivity contribution in [3.8, 4) is 0 Å². The first kappa shape index (κ1) is 14.7. The lowest BCUT2D eigenvalue weighted by atomic mass is 9.87. The molecule has 0 fully saturated rings. The third-order valence-electron chi connectivity index (χ3n) is 2.77. The number of nitrogens with zero attached hydrogens (tertiary/aromatic N) is 1. The lowest BCUT2D eigenvalue weighted by Gasteiger charge is -2.24. The molecule has 0 radical (unpaired) electrons. The van der Waals surface area contributed by atoms with E-state index in [-0.39, 0.29) is 12.4 Å². The van der Waals surface area contributed by atoms with Gasteiger partial charge < -0.3 is 16.2 Å². The monoisotopic (exact) mass is 263 g/mol. The van der Waals surface area contributed by atoms with Crippen molar-refractivity contribution in [1.29, 1.82) is 0 Å². The molecular weight excluding hydrogens is 246 g/mol. The van der Waals surface area contributed by atoms with E-state index < -0.39 is 17.3 Å². The lowest BCUT2D eigenvalue weighted by molar-refractivity contribution is -0.145. The maximum absolute atomic E-state index is 12.5. The van der Waals surface area contributed by atoms with E-state index in [1.165, 1.54) is 7.11 Å². The second kappa shape index (κ2) is 5.99. The van der Waals surface area contributed by atoms with Crippen LogP contribution in [0.3, 0.4) is 0 Å². The molecule has 19 heavy (non-hydrogen) atoms. The van der Waals surface area contributed by atoms with Crippen molar-refractivity contribution in [1.82, 2.24) is 0 Å². The highest BCUT2D eigenvalue weighted by atomic mass is 16.5. The Kier molecular flexibility index (Phi) is 4.63. The smallest absolute Gasteiger partial charge is 0.342 e. The highest BCUT2D eigenvalue weighted by molar-refractivity contribution is 6.17. The first-order valence-electron chi connectivity index (χ1n) is 5.77. The van der Waals surface area contributed by atoms with Gasteiger partial charge in [-0.15, -0.1) is 0 Å². The summed E-state index contributed by atoms with van der Waals surface area (Å²) in [5, 5.41) is 0. The van der Waals surface area contributed by atoms with Crippen molar-refractivity contribution in [2.75, 3.05) is 7.11 Å². The Bertz CT molecular complexity index is 495. The fourth-order valence-corrected chi connectivity index (χ4v) is 1.79. The summed E-state index contributed by atoms with van der Waals surface area (Å²) in [6, 6.07) is 8.35. The summed E-state index contributed by atoms with van der Waals surface area (Å²) in [5.41, 5.74) is 9.28. The third kappa shape index (κ3) is 2.90. The average Bonchev–Trinajstić information content (AvgIpc) is 2.43. The van der Waals surface area contributed by atoms with Gasteiger partial charge in [0.15, 0.2) is 5.96 Å². The second-order valence-electron chi connectivity index (χ2n) is 3.94. The zero-order valence-corrected chi connectivity index (χ0v) is 10.9. The number of rotatable bonds is 5. The van der Waals surface area contributed by atoms with Crippen LogP contribution >= 0.6 is 0 Å². The maximum Gasteiger partial charge on any atom is 0.342 e. The van der Waals surface area contributed by atoms with Crippen LogP contribution in [0, 0.1) is 0 Å². The normalized spacial score (nSPS) is 13.2. The van der Waals surface area contributed by atoms with Gasteiger partial charge >= 0.3 is 5.97 Å². The summed E-state index contributed by atoms with van der Waals surface area (Å²) in [5.74, 6) is -1.61. The number of hydrogen-bond acceptors (Lipinski definition) is 4. The van der Waals surface area contributed by atoms with E-state index in [4.69, 9.17) is 11.5 Å². The SMILES string of the molecule is CCC(N=C(N)N)(C(=O)OC)C(=O)c1ccccc1. The van der Waals surface area contributed by atoms with E-state index in [9.17, 15) is 9.59 Å². The van der Waals surface area contributed by atoms with Gasteiger partial charge in [0.1, 0.15) is 0 Å². The minimum absolute atomic E-state index is 0.102. The van der Waals surface area contributed by atoms with Gasteiger partial charge in [-0.2, -0.15) is 0 Å². The van der Waals surface area contributed by atoms with Gasteiger partial charge in [0.25, 0.3) is 0 Å². The Hall–Kier alpha value is -2.37. The van der Waals surface area contributed by atoms with Crippen LogP contribution in [-0.2, 0) is 9.53 Å². The van der Waals surface area contributed by atoms with Crippen molar-refractivity contribution in [2.24, 2.45) is 16.5 Å². The minimum Gasteiger partial charge on any atom is -0.467 e. The number of ketones is 1. The fraction of sp³-hybridized carbons (Fsp3) is 0.308. The van der Waals surface area contributed by atoms with E-state index in [1.807, 2.05) is 0 Å². The van der Waals surface area contributed by atoms with Gasteiger partial charge in [0, 0.05) is 5.56 Å². The molecule has 0 saturated carbocycles. The van der Waals surface area contributed by atoms with E-state index in [0.29, 0.717) is 5.56 Å². The number of carbonyl (C=O) groups excluding carboxylic acids is 2. The number of carbonyl (C=O) groups is 2. The van der Waals surface area contributed by atoms with Crippen molar-refractivity contribution >= 4 is 17.7 Å². The van der Waals surface area contributed by atoms with E-state index in [2.05, 4.69) is 9.73 Å². The summed E-state index contributed by atoms with van der Waals surface area (Å²) in [7, 11) is 1.19. The van der Waals surface area contributed by atoms with Gasteiger partial charge in [0.05, 0.1) is 7.11 Å². The largest absolute Gasteiger partial charge is 0.467 e. The van der Waals surface area contributed by atoms with Crippen molar-refractivity contribution in [2.45, 2.75) is 18.9 Å². The number of ether oxygens (including phenoxy) is 1. The van der Waals surface area contributed by atoms with Gasteiger partial charge in [-0.25, -0.2) is 9.79 Å². The molecule has 6 heteroatoms. The first-order chi connectivity index (χ1) is 8.97. The number of hydrogen-bond donors (Lipinski definition) is 2. The Morgan fingerprint density at radius 1 is 1.26 bits per heavy atom. The van der Waals surface area contributed by atoms with Crippen molar-refractivity contribution < 1.29 is 14.3 Å². The number of nitrogens with two attached hydrogens (primary N) is 2. The Balaban J connectivity index is 3.35. The molecule has 6 nitrogen and oxygen atoms in total. The van der Waals surface area contributed by atoms with Crippen LogP contribution in [0.4, 0.5) is 0 Å². The zero-order chi connectivity index (χ0) is 14.5. The van der Waals surface area contributed by atoms with E-state index in [0.717, 1.165) is 0 Å². The molecule has 1 unspecified atom stereocenters. The molecule has 0 saturated heterocycles. The molecule has 1 rings (SSSR count). The summed E-state index contributed by atoms with van der Waals surface area (Å²) in [6.45, 7) is 1.64. The predicted octanol–water partition coefficient (Wildman–Crippen LogP) is 0.465. The minimum atomic E-state index is -1.73. The molecule has 0 heterocycles. The number of Topliss-reactive ketones (excluding diaryl/α,β-unsaturated/α-hetero) is 1. The Labute approximate surface area is 111 Å². The van der Waals surface area contributed by atoms with Gasteiger partial charge in [-0.3, -0.25) is 4.79 Å². The summed E-state index contributed by atoms with van der Waals surface area (Å²) in [6.07, 6.45) is 0.102. The Morgan fingerprint density at radius 2 is 1.84 bits per heavy atom. The summed E-state index contributed by atoms with van der Waals surface area (Å²) < 4.78 is 4.67. The molecule has 0 spiro atoms. The van der Waals surface area contributed by atoms with Crippen LogP contribution in [0.5, 0.6) is 0 Å².